The highest BCUT2D eigenvalue weighted by atomic mass is 16.6. The number of aromatic nitrogens is 1. The molecule has 0 aromatic carbocycles. The van der Waals surface area contributed by atoms with Crippen LogP contribution in [0.15, 0.2) is 28.8 Å². The number of aryl methyl sites for hydroxylation is 2. The molecule has 1 unspecified atom stereocenters. The Morgan fingerprint density at radius 3 is 2.77 bits per heavy atom. The van der Waals surface area contributed by atoms with Gasteiger partial charge >= 0.3 is 0 Å². The van der Waals surface area contributed by atoms with Crippen molar-refractivity contribution in [2.75, 3.05) is 19.0 Å². The molecular weight excluding hydrogens is 286 g/mol. The maximum absolute atomic E-state index is 10.8. The molecule has 2 heterocycles. The molecule has 22 heavy (non-hydrogen) atoms. The fourth-order valence-electron chi connectivity index (χ4n) is 2.16. The third-order valence-corrected chi connectivity index (χ3v) is 3.32. The smallest absolute Gasteiger partial charge is 0.290 e. The summed E-state index contributed by atoms with van der Waals surface area (Å²) < 4.78 is 10.8. The molecule has 118 valence electrons. The molecule has 2 aromatic rings. The minimum absolute atomic E-state index is 0.00725. The summed E-state index contributed by atoms with van der Waals surface area (Å²) in [6.07, 6.45) is 1.96. The van der Waals surface area contributed by atoms with Crippen molar-refractivity contribution in [1.29, 1.82) is 0 Å². The van der Waals surface area contributed by atoms with E-state index >= 15 is 0 Å². The van der Waals surface area contributed by atoms with Crippen molar-refractivity contribution in [2.24, 2.45) is 0 Å². The zero-order valence-electron chi connectivity index (χ0n) is 12.8. The van der Waals surface area contributed by atoms with Crippen molar-refractivity contribution in [3.05, 3.63) is 51.6 Å². The summed E-state index contributed by atoms with van der Waals surface area (Å²) in [6, 6.07) is 5.35. The third kappa shape index (κ3) is 3.82. The maximum atomic E-state index is 10.8. The average Bonchev–Trinajstić information content (AvgIpc) is 2.89. The number of nitro groups is 1. The second kappa shape index (κ2) is 7.04. The number of pyridine rings is 1. The number of ether oxygens (including phenoxy) is 1. The standard InChI is InChI=1S/C15H19N3O4/c1-10-8-15(16-9-13(10)18(19)20)17-12(6-7-21-3)14-5-4-11(2)22-14/h4-5,8-9,12H,6-7H2,1-3H3,(H,16,17). The van der Waals surface area contributed by atoms with E-state index in [2.05, 4.69) is 10.3 Å². The van der Waals surface area contributed by atoms with Crippen LogP contribution in [-0.2, 0) is 4.74 Å². The first kappa shape index (κ1) is 16.0. The molecule has 1 atom stereocenters. The van der Waals surface area contributed by atoms with Gasteiger partial charge in [0, 0.05) is 19.3 Å². The van der Waals surface area contributed by atoms with Gasteiger partial charge in [0.05, 0.1) is 11.0 Å². The van der Waals surface area contributed by atoms with Crippen LogP contribution in [0.25, 0.3) is 0 Å². The summed E-state index contributed by atoms with van der Waals surface area (Å²) >= 11 is 0. The Labute approximate surface area is 128 Å². The van der Waals surface area contributed by atoms with Gasteiger partial charge in [0.15, 0.2) is 0 Å². The van der Waals surface area contributed by atoms with E-state index in [1.54, 1.807) is 20.1 Å². The molecule has 7 heteroatoms. The van der Waals surface area contributed by atoms with Crippen LogP contribution in [0, 0.1) is 24.0 Å². The van der Waals surface area contributed by atoms with Crippen molar-refractivity contribution in [3.8, 4) is 0 Å². The molecular formula is C15H19N3O4. The number of anilines is 1. The highest BCUT2D eigenvalue weighted by Gasteiger charge is 2.17. The van der Waals surface area contributed by atoms with Crippen molar-refractivity contribution < 1.29 is 14.1 Å². The van der Waals surface area contributed by atoms with Gasteiger partial charge in [-0.2, -0.15) is 0 Å². The first-order valence-electron chi connectivity index (χ1n) is 6.94. The van der Waals surface area contributed by atoms with Gasteiger partial charge in [-0.3, -0.25) is 10.1 Å². The second-order valence-electron chi connectivity index (χ2n) is 5.04. The molecule has 0 aliphatic carbocycles. The first-order chi connectivity index (χ1) is 10.5. The Bertz CT molecular complexity index is 654. The Morgan fingerprint density at radius 2 is 2.23 bits per heavy atom. The van der Waals surface area contributed by atoms with Crippen LogP contribution >= 0.6 is 0 Å². The van der Waals surface area contributed by atoms with Gasteiger partial charge in [0.1, 0.15) is 23.5 Å². The molecule has 7 nitrogen and oxygen atoms in total. The van der Waals surface area contributed by atoms with Crippen LogP contribution in [0.5, 0.6) is 0 Å². The lowest BCUT2D eigenvalue weighted by Gasteiger charge is -2.17. The number of nitrogens with zero attached hydrogens (tertiary/aromatic N) is 2. The van der Waals surface area contributed by atoms with Crippen LogP contribution in [0.2, 0.25) is 0 Å². The molecule has 1 N–H and O–H groups in total. The fourth-order valence-corrected chi connectivity index (χ4v) is 2.16. The Morgan fingerprint density at radius 1 is 1.45 bits per heavy atom. The molecule has 0 fully saturated rings. The average molecular weight is 305 g/mol. The van der Waals surface area contributed by atoms with E-state index in [9.17, 15) is 10.1 Å². The lowest BCUT2D eigenvalue weighted by atomic mass is 10.1. The lowest BCUT2D eigenvalue weighted by Crippen LogP contribution is -2.13. The molecule has 0 saturated carbocycles. The van der Waals surface area contributed by atoms with E-state index < -0.39 is 4.92 Å². The van der Waals surface area contributed by atoms with Gasteiger partial charge in [-0.15, -0.1) is 0 Å². The van der Waals surface area contributed by atoms with Crippen LogP contribution in [0.3, 0.4) is 0 Å². The Hall–Kier alpha value is -2.41. The summed E-state index contributed by atoms with van der Waals surface area (Å²) in [4.78, 5) is 14.5. The minimum Gasteiger partial charge on any atom is -0.464 e. The molecule has 0 saturated heterocycles. The Kier molecular flexibility index (Phi) is 5.11. The summed E-state index contributed by atoms with van der Waals surface area (Å²) in [5.41, 5.74) is 0.566. The quantitative estimate of drug-likeness (QED) is 0.623. The van der Waals surface area contributed by atoms with E-state index in [0.717, 1.165) is 11.5 Å². The van der Waals surface area contributed by atoms with Crippen LogP contribution in [-0.4, -0.2) is 23.6 Å². The van der Waals surface area contributed by atoms with Crippen LogP contribution in [0.1, 0.15) is 29.5 Å². The van der Waals surface area contributed by atoms with Crippen LogP contribution < -0.4 is 5.32 Å². The monoisotopic (exact) mass is 305 g/mol. The fraction of sp³-hybridized carbons (Fsp3) is 0.400. The van der Waals surface area contributed by atoms with Gasteiger partial charge in [-0.05, 0) is 38.5 Å². The molecule has 0 aliphatic heterocycles. The zero-order valence-corrected chi connectivity index (χ0v) is 12.8. The SMILES string of the molecule is COCCC(Nc1cc(C)c([N+](=O)[O-])cn1)c1ccc(C)o1. The van der Waals surface area contributed by atoms with Crippen molar-refractivity contribution in [1.82, 2.24) is 4.98 Å². The van der Waals surface area contributed by atoms with Crippen molar-refractivity contribution in [2.45, 2.75) is 26.3 Å². The lowest BCUT2D eigenvalue weighted by molar-refractivity contribution is -0.385. The Balaban J connectivity index is 2.19. The second-order valence-corrected chi connectivity index (χ2v) is 5.04. The molecule has 2 aromatic heterocycles. The number of rotatable bonds is 7. The summed E-state index contributed by atoms with van der Waals surface area (Å²) in [7, 11) is 1.64. The van der Waals surface area contributed by atoms with Gasteiger partial charge < -0.3 is 14.5 Å². The van der Waals surface area contributed by atoms with Crippen molar-refractivity contribution in [3.63, 3.8) is 0 Å². The molecule has 0 amide bonds. The third-order valence-electron chi connectivity index (χ3n) is 3.32. The molecule has 0 radical (unpaired) electrons. The molecule has 0 aliphatic rings. The van der Waals surface area contributed by atoms with Gasteiger partial charge in [-0.25, -0.2) is 4.98 Å². The predicted molar refractivity (Wildman–Crippen MR) is 81.9 cm³/mol. The van der Waals surface area contributed by atoms with Gasteiger partial charge in [-0.1, -0.05) is 0 Å². The van der Waals surface area contributed by atoms with E-state index in [0.29, 0.717) is 24.4 Å². The van der Waals surface area contributed by atoms with E-state index in [1.807, 2.05) is 19.1 Å². The topological polar surface area (TPSA) is 90.4 Å². The largest absolute Gasteiger partial charge is 0.464 e. The summed E-state index contributed by atoms with van der Waals surface area (Å²) in [5, 5.41) is 14.1. The minimum atomic E-state index is -0.440. The number of hydrogen-bond acceptors (Lipinski definition) is 6. The van der Waals surface area contributed by atoms with E-state index in [-0.39, 0.29) is 11.7 Å². The van der Waals surface area contributed by atoms with E-state index in [1.165, 1.54) is 6.20 Å². The molecule has 0 spiro atoms. The normalized spacial score (nSPS) is 12.1. The van der Waals surface area contributed by atoms with E-state index in [4.69, 9.17) is 9.15 Å². The van der Waals surface area contributed by atoms with Crippen molar-refractivity contribution >= 4 is 11.5 Å². The summed E-state index contributed by atoms with van der Waals surface area (Å²) in [5.74, 6) is 2.18. The maximum Gasteiger partial charge on any atom is 0.290 e. The highest BCUT2D eigenvalue weighted by molar-refractivity contribution is 5.47. The predicted octanol–water partition coefficient (Wildman–Crippen LogP) is 3.39. The molecule has 0 bridgehead atoms. The number of furan rings is 1. The summed E-state index contributed by atoms with van der Waals surface area (Å²) in [6.45, 7) is 4.13. The van der Waals surface area contributed by atoms with Gasteiger partial charge in [0.25, 0.3) is 5.69 Å². The first-order valence-corrected chi connectivity index (χ1v) is 6.94. The van der Waals surface area contributed by atoms with Gasteiger partial charge in [0.2, 0.25) is 0 Å². The molecule has 2 rings (SSSR count). The number of methoxy groups -OCH3 is 1. The number of hydrogen-bond donors (Lipinski definition) is 1. The highest BCUT2D eigenvalue weighted by Crippen LogP contribution is 2.26. The van der Waals surface area contributed by atoms with Crippen LogP contribution in [0.4, 0.5) is 11.5 Å². The number of nitrogens with one attached hydrogen (secondary N) is 1. The zero-order chi connectivity index (χ0) is 16.1.